The molecule has 0 bridgehead atoms. The number of alkyl halides is 3. The Hall–Kier alpha value is -1.69. The molecule has 0 saturated carbocycles. The van der Waals surface area contributed by atoms with Gasteiger partial charge in [-0.05, 0) is 34.5 Å². The first-order valence-electron chi connectivity index (χ1n) is 5.04. The summed E-state index contributed by atoms with van der Waals surface area (Å²) in [6.45, 7) is 0. The van der Waals surface area contributed by atoms with Gasteiger partial charge in [-0.2, -0.15) is 24.5 Å². The van der Waals surface area contributed by atoms with Crippen molar-refractivity contribution in [3.63, 3.8) is 0 Å². The van der Waals surface area contributed by atoms with Crippen LogP contribution >= 0.6 is 11.3 Å². The molecule has 0 aliphatic heterocycles. The van der Waals surface area contributed by atoms with Gasteiger partial charge in [0.05, 0.1) is 5.56 Å². The summed E-state index contributed by atoms with van der Waals surface area (Å²) >= 11 is 1.46. The maximum absolute atomic E-state index is 12.3. The smallest absolute Gasteiger partial charge is 0.292 e. The predicted molar refractivity (Wildman–Crippen MR) is 61.6 cm³/mol. The van der Waals surface area contributed by atoms with E-state index < -0.39 is 11.7 Å². The predicted octanol–water partition coefficient (Wildman–Crippen LogP) is 3.59. The van der Waals surface area contributed by atoms with E-state index in [-0.39, 0.29) is 17.9 Å². The molecule has 0 atom stereocenters. The molecule has 0 amide bonds. The molecule has 0 aliphatic carbocycles. The molecule has 18 heavy (non-hydrogen) atoms. The van der Waals surface area contributed by atoms with Gasteiger partial charge in [-0.25, -0.2) is 0 Å². The van der Waals surface area contributed by atoms with Crippen molar-refractivity contribution in [2.75, 3.05) is 0 Å². The Kier molecular flexibility index (Phi) is 3.47. The second-order valence-corrected chi connectivity index (χ2v) is 4.44. The zero-order valence-corrected chi connectivity index (χ0v) is 9.89. The number of aromatic nitrogens is 1. The quantitative estimate of drug-likeness (QED) is 0.798. The molecule has 2 aromatic heterocycles. The number of rotatable bonds is 3. The van der Waals surface area contributed by atoms with Crippen molar-refractivity contribution in [3.05, 3.63) is 52.0 Å². The Morgan fingerprint density at radius 1 is 1.28 bits per heavy atom. The zero-order valence-electron chi connectivity index (χ0n) is 9.07. The van der Waals surface area contributed by atoms with E-state index in [0.29, 0.717) is 6.20 Å². The Labute approximate surface area is 105 Å². The van der Waals surface area contributed by atoms with Crippen molar-refractivity contribution in [2.45, 2.75) is 12.6 Å². The molecule has 0 fully saturated rings. The number of nitrogens with zero attached hydrogens (tertiary/aromatic N) is 1. The van der Waals surface area contributed by atoms with Crippen molar-refractivity contribution in [2.24, 2.45) is 0 Å². The molecule has 0 aliphatic rings. The first-order valence-corrected chi connectivity index (χ1v) is 5.98. The lowest BCUT2D eigenvalue weighted by molar-refractivity contribution is -0.137. The van der Waals surface area contributed by atoms with Crippen molar-refractivity contribution < 1.29 is 18.0 Å². The molecule has 0 N–H and O–H groups in total. The van der Waals surface area contributed by atoms with Crippen LogP contribution in [0.25, 0.3) is 0 Å². The van der Waals surface area contributed by atoms with Gasteiger partial charge in [0.1, 0.15) is 5.69 Å². The van der Waals surface area contributed by atoms with Gasteiger partial charge in [0.2, 0.25) is 0 Å². The minimum absolute atomic E-state index is 0.0502. The van der Waals surface area contributed by atoms with Crippen LogP contribution in [0.4, 0.5) is 13.2 Å². The number of carbonyl (C=O) groups is 1. The number of halogens is 3. The summed E-state index contributed by atoms with van der Waals surface area (Å²) < 4.78 is 36.9. The number of hydrogen-bond acceptors (Lipinski definition) is 3. The Morgan fingerprint density at radius 3 is 2.56 bits per heavy atom. The molecule has 0 spiro atoms. The van der Waals surface area contributed by atoms with Crippen molar-refractivity contribution in [1.29, 1.82) is 0 Å². The van der Waals surface area contributed by atoms with E-state index in [4.69, 9.17) is 0 Å². The van der Waals surface area contributed by atoms with Crippen LogP contribution in [0.2, 0.25) is 0 Å². The average molecular weight is 271 g/mol. The third-order valence-corrected chi connectivity index (χ3v) is 3.05. The number of pyridine rings is 1. The number of ketones is 1. The highest BCUT2D eigenvalue weighted by atomic mass is 32.1. The van der Waals surface area contributed by atoms with Crippen molar-refractivity contribution >= 4 is 17.1 Å². The van der Waals surface area contributed by atoms with E-state index in [2.05, 4.69) is 4.98 Å². The minimum Gasteiger partial charge on any atom is -0.292 e. The van der Waals surface area contributed by atoms with Crippen LogP contribution in [-0.2, 0) is 12.6 Å². The van der Waals surface area contributed by atoms with Crippen LogP contribution in [-0.4, -0.2) is 10.8 Å². The molecule has 0 radical (unpaired) electrons. The fourth-order valence-electron chi connectivity index (χ4n) is 1.40. The largest absolute Gasteiger partial charge is 0.417 e. The maximum atomic E-state index is 12.3. The molecule has 2 heterocycles. The average Bonchev–Trinajstić information content (AvgIpc) is 2.81. The van der Waals surface area contributed by atoms with E-state index in [9.17, 15) is 18.0 Å². The third-order valence-electron chi connectivity index (χ3n) is 2.32. The normalized spacial score (nSPS) is 11.5. The second kappa shape index (κ2) is 4.89. The van der Waals surface area contributed by atoms with Crippen LogP contribution < -0.4 is 0 Å². The first-order chi connectivity index (χ1) is 8.47. The minimum atomic E-state index is -4.43. The van der Waals surface area contributed by atoms with Crippen LogP contribution in [0.5, 0.6) is 0 Å². The molecule has 2 nitrogen and oxygen atoms in total. The summed E-state index contributed by atoms with van der Waals surface area (Å²) in [6.07, 6.45) is -3.59. The third kappa shape index (κ3) is 2.95. The fourth-order valence-corrected chi connectivity index (χ4v) is 2.06. The summed E-state index contributed by atoms with van der Waals surface area (Å²) in [5, 5.41) is 3.66. The second-order valence-electron chi connectivity index (χ2n) is 3.66. The van der Waals surface area contributed by atoms with Gasteiger partial charge in [-0.15, -0.1) is 0 Å². The van der Waals surface area contributed by atoms with E-state index in [0.717, 1.165) is 17.7 Å². The topological polar surface area (TPSA) is 30.0 Å². The summed E-state index contributed by atoms with van der Waals surface area (Å²) in [4.78, 5) is 15.3. The Morgan fingerprint density at radius 2 is 2.06 bits per heavy atom. The summed E-state index contributed by atoms with van der Waals surface area (Å²) in [5.74, 6) is -0.290. The summed E-state index contributed by atoms with van der Waals surface area (Å²) in [7, 11) is 0. The van der Waals surface area contributed by atoms with Gasteiger partial charge in [0, 0.05) is 12.6 Å². The van der Waals surface area contributed by atoms with E-state index in [1.165, 1.54) is 11.3 Å². The molecule has 94 valence electrons. The Balaban J connectivity index is 2.12. The lowest BCUT2D eigenvalue weighted by Gasteiger charge is -2.06. The molecule has 6 heteroatoms. The van der Waals surface area contributed by atoms with Crippen LogP contribution in [0, 0.1) is 0 Å². The van der Waals surface area contributed by atoms with Crippen LogP contribution in [0.1, 0.15) is 21.6 Å². The molecule has 2 aromatic rings. The SMILES string of the molecule is O=C(Cc1ccsc1)c1ccc(C(F)(F)F)cn1. The van der Waals surface area contributed by atoms with Crippen LogP contribution in [0.15, 0.2) is 35.2 Å². The standard InChI is InChI=1S/C12H8F3NOS/c13-12(14,15)9-1-2-10(16-6-9)11(17)5-8-3-4-18-7-8/h1-4,6-7H,5H2. The molecule has 0 aromatic carbocycles. The zero-order chi connectivity index (χ0) is 13.2. The lowest BCUT2D eigenvalue weighted by Crippen LogP contribution is -2.09. The van der Waals surface area contributed by atoms with Crippen molar-refractivity contribution in [3.8, 4) is 0 Å². The number of carbonyl (C=O) groups excluding carboxylic acids is 1. The van der Waals surface area contributed by atoms with Gasteiger partial charge >= 0.3 is 6.18 Å². The molecule has 0 unspecified atom stereocenters. The number of Topliss-reactive ketones (excluding diaryl/α,β-unsaturated/α-hetero) is 1. The summed E-state index contributed by atoms with van der Waals surface area (Å²) in [5.41, 5.74) is 0.0375. The maximum Gasteiger partial charge on any atom is 0.417 e. The monoisotopic (exact) mass is 271 g/mol. The van der Waals surface area contributed by atoms with E-state index in [1.807, 2.05) is 10.8 Å². The van der Waals surface area contributed by atoms with Crippen LogP contribution in [0.3, 0.4) is 0 Å². The van der Waals surface area contributed by atoms with E-state index >= 15 is 0 Å². The molecular weight excluding hydrogens is 263 g/mol. The van der Waals surface area contributed by atoms with Gasteiger partial charge in [0.15, 0.2) is 5.78 Å². The van der Waals surface area contributed by atoms with Gasteiger partial charge in [-0.3, -0.25) is 9.78 Å². The highest BCUT2D eigenvalue weighted by molar-refractivity contribution is 7.08. The van der Waals surface area contributed by atoms with Gasteiger partial charge in [-0.1, -0.05) is 0 Å². The first kappa shape index (κ1) is 12.8. The fraction of sp³-hybridized carbons (Fsp3) is 0.167. The molecule has 2 rings (SSSR count). The number of hydrogen-bond donors (Lipinski definition) is 0. The highest BCUT2D eigenvalue weighted by Gasteiger charge is 2.30. The lowest BCUT2D eigenvalue weighted by atomic mass is 10.1. The van der Waals surface area contributed by atoms with Gasteiger partial charge in [0.25, 0.3) is 0 Å². The Bertz CT molecular complexity index is 531. The summed E-state index contributed by atoms with van der Waals surface area (Å²) in [6, 6.07) is 3.78. The van der Waals surface area contributed by atoms with E-state index in [1.54, 1.807) is 6.07 Å². The molecular formula is C12H8F3NOS. The number of thiophene rings is 1. The highest BCUT2D eigenvalue weighted by Crippen LogP contribution is 2.28. The van der Waals surface area contributed by atoms with Crippen molar-refractivity contribution in [1.82, 2.24) is 4.98 Å². The van der Waals surface area contributed by atoms with Gasteiger partial charge < -0.3 is 0 Å². The molecule has 0 saturated heterocycles.